The molecule has 0 aliphatic carbocycles. The van der Waals surface area contributed by atoms with E-state index in [2.05, 4.69) is 13.5 Å². The summed E-state index contributed by atoms with van der Waals surface area (Å²) in [6.45, 7) is 6.09. The molecule has 0 aromatic rings. The Morgan fingerprint density at radius 2 is 2.44 bits per heavy atom. The number of carbonyl (C=O) groups excluding carboxylic acids is 1. The minimum absolute atomic E-state index is 0.102. The van der Waals surface area contributed by atoms with Crippen LogP contribution >= 0.6 is 7.77 Å². The van der Waals surface area contributed by atoms with Gasteiger partial charge in [0.05, 0.1) is 14.3 Å². The van der Waals surface area contributed by atoms with Crippen LogP contribution in [0.5, 0.6) is 0 Å². The summed E-state index contributed by atoms with van der Waals surface area (Å²) in [5.41, 5.74) is 0.349. The minimum Gasteiger partial charge on any atom is -0.630 e. The average Bonchev–Trinajstić information content (AvgIpc) is 2.61. The highest BCUT2D eigenvalue weighted by Gasteiger charge is 2.29. The highest BCUT2D eigenvalue weighted by atomic mass is 31.1. The van der Waals surface area contributed by atoms with Gasteiger partial charge in [-0.05, 0) is 18.9 Å². The monoisotopic (exact) mass is 241 g/mol. The molecule has 0 aromatic carbocycles. The molecular formula is C12H20NO2P. The van der Waals surface area contributed by atoms with Gasteiger partial charge in [-0.15, -0.1) is 0 Å². The molecule has 0 N–H and O–H groups in total. The quantitative estimate of drug-likeness (QED) is 0.541. The molecule has 2 unspecified atom stereocenters. The summed E-state index contributed by atoms with van der Waals surface area (Å²) in [7, 11) is 0.508. The normalized spacial score (nSPS) is 22.3. The Bertz CT molecular complexity index is 312. The molecule has 1 rings (SSSR count). The van der Waals surface area contributed by atoms with Crippen molar-refractivity contribution in [2.45, 2.75) is 38.3 Å². The molecule has 0 saturated heterocycles. The van der Waals surface area contributed by atoms with Gasteiger partial charge in [0.1, 0.15) is 11.0 Å². The lowest BCUT2D eigenvalue weighted by atomic mass is 10.1. The Kier molecular flexibility index (Phi) is 5.17. The van der Waals surface area contributed by atoms with Crippen molar-refractivity contribution in [1.82, 2.24) is 4.90 Å². The summed E-state index contributed by atoms with van der Waals surface area (Å²) >= 11 is 0. The van der Waals surface area contributed by atoms with E-state index in [9.17, 15) is 9.69 Å². The Hall–Kier alpha value is -0.660. The number of hydrogen-bond acceptors (Lipinski definition) is 2. The fourth-order valence-electron chi connectivity index (χ4n) is 2.07. The molecular weight excluding hydrogens is 221 g/mol. The number of nitrogens with zero attached hydrogens (tertiary/aromatic N) is 1. The third-order valence-corrected chi connectivity index (χ3v) is 5.17. The zero-order valence-electron chi connectivity index (χ0n) is 10.1. The zero-order valence-corrected chi connectivity index (χ0v) is 11.0. The fourth-order valence-corrected chi connectivity index (χ4v) is 4.14. The molecule has 2 atom stereocenters. The van der Waals surface area contributed by atoms with Gasteiger partial charge in [0.15, 0.2) is 0 Å². The highest BCUT2D eigenvalue weighted by molar-refractivity contribution is 7.53. The molecule has 0 aromatic heterocycles. The first-order chi connectivity index (χ1) is 7.60. The van der Waals surface area contributed by atoms with Gasteiger partial charge in [-0.3, -0.25) is 4.79 Å². The lowest BCUT2D eigenvalue weighted by Gasteiger charge is -2.14. The van der Waals surface area contributed by atoms with Crippen LogP contribution in [-0.4, -0.2) is 35.4 Å². The lowest BCUT2D eigenvalue weighted by Crippen LogP contribution is -2.30. The summed E-state index contributed by atoms with van der Waals surface area (Å²) in [6, 6.07) is 0. The van der Waals surface area contributed by atoms with Crippen molar-refractivity contribution in [3.8, 4) is 0 Å². The van der Waals surface area contributed by atoms with Gasteiger partial charge < -0.3 is 9.79 Å². The van der Waals surface area contributed by atoms with Crippen LogP contribution in [0.15, 0.2) is 12.7 Å². The molecule has 1 amide bonds. The first-order valence-corrected chi connectivity index (χ1v) is 7.11. The summed E-state index contributed by atoms with van der Waals surface area (Å²) < 4.78 is 0. The van der Waals surface area contributed by atoms with E-state index in [0.717, 1.165) is 31.0 Å². The molecule has 0 fully saturated rings. The molecule has 16 heavy (non-hydrogen) atoms. The van der Waals surface area contributed by atoms with Crippen LogP contribution in [0.2, 0.25) is 0 Å². The van der Waals surface area contributed by atoms with Gasteiger partial charge in [0.25, 0.3) is 0 Å². The number of likely N-dealkylation sites (N-methyl/N-ethyl adjacent to an activating group) is 1. The van der Waals surface area contributed by atoms with Crippen molar-refractivity contribution < 1.29 is 9.69 Å². The summed E-state index contributed by atoms with van der Waals surface area (Å²) in [4.78, 5) is 25.0. The number of carbonyl (C=O) groups is 1. The van der Waals surface area contributed by atoms with Gasteiger partial charge >= 0.3 is 0 Å². The number of hydrogen-bond donors (Lipinski definition) is 0. The highest BCUT2D eigenvalue weighted by Crippen LogP contribution is 2.37. The summed E-state index contributed by atoms with van der Waals surface area (Å²) in [5, 5.41) is 1.05. The second-order valence-electron chi connectivity index (χ2n) is 4.27. The fraction of sp³-hybridized carbons (Fsp3) is 0.667. The smallest absolute Gasteiger partial charge is 0.246 e. The average molecular weight is 241 g/mol. The van der Waals surface area contributed by atoms with E-state index >= 15 is 0 Å². The van der Waals surface area contributed by atoms with Crippen LogP contribution in [0, 0.1) is 0 Å². The van der Waals surface area contributed by atoms with E-state index in [1.165, 1.54) is 6.08 Å². The molecule has 0 spiro atoms. The van der Waals surface area contributed by atoms with Gasteiger partial charge in [-0.25, -0.2) is 0 Å². The first kappa shape index (κ1) is 13.4. The molecule has 1 aliphatic rings. The molecule has 1 aliphatic heterocycles. The molecule has 90 valence electrons. The van der Waals surface area contributed by atoms with Gasteiger partial charge in [-0.2, -0.15) is 0 Å². The van der Waals surface area contributed by atoms with Crippen LogP contribution in [0.3, 0.4) is 0 Å². The van der Waals surface area contributed by atoms with Crippen molar-refractivity contribution in [3.05, 3.63) is 12.7 Å². The van der Waals surface area contributed by atoms with E-state index in [0.29, 0.717) is 12.2 Å². The van der Waals surface area contributed by atoms with Gasteiger partial charge in [-0.1, -0.05) is 19.9 Å². The maximum absolute atomic E-state index is 12.1. The summed E-state index contributed by atoms with van der Waals surface area (Å²) in [5.74, 6) is -0.102. The van der Waals surface area contributed by atoms with E-state index in [1.807, 2.05) is 0 Å². The molecule has 4 heteroatoms. The Morgan fingerprint density at radius 3 is 3.00 bits per heavy atom. The van der Waals surface area contributed by atoms with E-state index in [-0.39, 0.29) is 5.91 Å². The van der Waals surface area contributed by atoms with Crippen LogP contribution in [0.4, 0.5) is 0 Å². The predicted molar refractivity (Wildman–Crippen MR) is 67.7 cm³/mol. The Balaban J connectivity index is 2.60. The SMILES string of the molecule is C=CC(=O)N(C)CC1=[P+]([O-])C(CCC)CC1. The van der Waals surface area contributed by atoms with Gasteiger partial charge in [0.2, 0.25) is 5.91 Å². The minimum atomic E-state index is -1.22. The second kappa shape index (κ2) is 6.17. The van der Waals surface area contributed by atoms with Crippen molar-refractivity contribution in [2.24, 2.45) is 0 Å². The predicted octanol–water partition coefficient (Wildman–Crippen LogP) is 1.52. The topological polar surface area (TPSA) is 43.4 Å². The van der Waals surface area contributed by atoms with E-state index in [4.69, 9.17) is 0 Å². The Morgan fingerprint density at radius 1 is 1.75 bits per heavy atom. The molecule has 3 nitrogen and oxygen atoms in total. The first-order valence-electron chi connectivity index (χ1n) is 5.78. The van der Waals surface area contributed by atoms with E-state index < -0.39 is 7.77 Å². The largest absolute Gasteiger partial charge is 0.630 e. The standard InChI is InChI=1S/C12H20NO2P/c1-4-6-10-7-8-11(16(10)15)9-13(3)12(14)5-2/h5,10H,2,4,6-9H2,1,3H3. The summed E-state index contributed by atoms with van der Waals surface area (Å²) in [6.07, 6.45) is 5.35. The van der Waals surface area contributed by atoms with Crippen LogP contribution < -0.4 is 4.89 Å². The second-order valence-corrected chi connectivity index (χ2v) is 6.29. The number of rotatable bonds is 5. The van der Waals surface area contributed by atoms with Crippen LogP contribution in [-0.2, 0) is 4.79 Å². The Labute approximate surface area is 98.6 Å². The van der Waals surface area contributed by atoms with Crippen molar-refractivity contribution in [2.75, 3.05) is 13.6 Å². The lowest BCUT2D eigenvalue weighted by molar-refractivity contribution is -0.154. The maximum atomic E-state index is 12.1. The van der Waals surface area contributed by atoms with E-state index in [1.54, 1.807) is 11.9 Å². The third-order valence-electron chi connectivity index (χ3n) is 3.00. The molecule has 0 radical (unpaired) electrons. The molecule has 0 saturated carbocycles. The third kappa shape index (κ3) is 3.16. The van der Waals surface area contributed by atoms with Crippen molar-refractivity contribution >= 4 is 19.0 Å². The molecule has 0 bridgehead atoms. The zero-order chi connectivity index (χ0) is 12.1. The van der Waals surface area contributed by atoms with Crippen molar-refractivity contribution in [1.29, 1.82) is 0 Å². The van der Waals surface area contributed by atoms with Gasteiger partial charge in [0, 0.05) is 13.5 Å². The molecule has 1 heterocycles. The number of amides is 1. The van der Waals surface area contributed by atoms with Crippen molar-refractivity contribution in [3.63, 3.8) is 0 Å². The van der Waals surface area contributed by atoms with Crippen LogP contribution in [0.1, 0.15) is 32.6 Å². The maximum Gasteiger partial charge on any atom is 0.246 e. The van der Waals surface area contributed by atoms with Crippen LogP contribution in [0.25, 0.3) is 0 Å².